The van der Waals surface area contributed by atoms with E-state index in [4.69, 9.17) is 0 Å². The topological polar surface area (TPSA) is 58.2 Å². The highest BCUT2D eigenvalue weighted by molar-refractivity contribution is 7.88. The van der Waals surface area contributed by atoms with Gasteiger partial charge in [0.25, 0.3) is 0 Å². The first-order valence-corrected chi connectivity index (χ1v) is 7.99. The number of hydrogen-bond acceptors (Lipinski definition) is 3. The van der Waals surface area contributed by atoms with Crippen molar-refractivity contribution in [3.8, 4) is 0 Å². The monoisotopic (exact) mass is 270 g/mol. The van der Waals surface area contributed by atoms with E-state index in [1.165, 1.54) is 22.9 Å². The molecule has 0 amide bonds. The molecule has 5 heteroatoms. The summed E-state index contributed by atoms with van der Waals surface area (Å²) in [5.74, 6) is 0. The number of nitrogens with one attached hydrogen (secondary N) is 2. The fourth-order valence-electron chi connectivity index (χ4n) is 1.68. The maximum atomic E-state index is 10.8. The van der Waals surface area contributed by atoms with Crippen molar-refractivity contribution >= 4 is 10.0 Å². The Morgan fingerprint density at radius 1 is 1.17 bits per heavy atom. The normalized spacial score (nSPS) is 11.7. The van der Waals surface area contributed by atoms with Gasteiger partial charge in [-0.15, -0.1) is 0 Å². The Labute approximate surface area is 110 Å². The van der Waals surface area contributed by atoms with Crippen LogP contribution in [0, 0.1) is 13.8 Å². The van der Waals surface area contributed by atoms with Gasteiger partial charge in [-0.25, -0.2) is 13.1 Å². The molecule has 0 atom stereocenters. The highest BCUT2D eigenvalue weighted by atomic mass is 32.2. The second-order valence-corrected chi connectivity index (χ2v) is 6.46. The Balaban J connectivity index is 2.24. The van der Waals surface area contributed by atoms with Gasteiger partial charge >= 0.3 is 0 Å². The van der Waals surface area contributed by atoms with Gasteiger partial charge in [0.15, 0.2) is 0 Å². The van der Waals surface area contributed by atoms with E-state index in [-0.39, 0.29) is 0 Å². The van der Waals surface area contributed by atoms with Crippen LogP contribution in [0.4, 0.5) is 0 Å². The van der Waals surface area contributed by atoms with Crippen molar-refractivity contribution in [1.29, 1.82) is 0 Å². The van der Waals surface area contributed by atoms with Crippen LogP contribution in [-0.2, 0) is 16.6 Å². The fourth-order valence-corrected chi connectivity index (χ4v) is 2.20. The summed E-state index contributed by atoms with van der Waals surface area (Å²) in [4.78, 5) is 0. The molecule has 0 heterocycles. The Hall–Kier alpha value is -0.910. The minimum atomic E-state index is -3.05. The summed E-state index contributed by atoms with van der Waals surface area (Å²) in [6.45, 7) is 6.29. The lowest BCUT2D eigenvalue weighted by atomic mass is 10.1. The predicted molar refractivity (Wildman–Crippen MR) is 75.1 cm³/mol. The van der Waals surface area contributed by atoms with E-state index < -0.39 is 10.0 Å². The molecule has 102 valence electrons. The molecule has 0 aliphatic rings. The highest BCUT2D eigenvalue weighted by Crippen LogP contribution is 2.09. The van der Waals surface area contributed by atoms with Gasteiger partial charge in [-0.1, -0.05) is 23.8 Å². The summed E-state index contributed by atoms with van der Waals surface area (Å²) in [6.07, 6.45) is 1.97. The lowest BCUT2D eigenvalue weighted by molar-refractivity contribution is 0.579. The van der Waals surface area contributed by atoms with Crippen LogP contribution in [0.25, 0.3) is 0 Å². The zero-order chi connectivity index (χ0) is 13.6. The van der Waals surface area contributed by atoms with Crippen molar-refractivity contribution in [2.75, 3.05) is 19.3 Å². The number of rotatable bonds is 7. The third-order valence-electron chi connectivity index (χ3n) is 2.71. The Bertz CT molecular complexity index is 484. The Morgan fingerprint density at radius 2 is 1.89 bits per heavy atom. The molecule has 0 aromatic heterocycles. The van der Waals surface area contributed by atoms with Gasteiger partial charge in [0.05, 0.1) is 6.26 Å². The first-order chi connectivity index (χ1) is 8.38. The average molecular weight is 270 g/mol. The molecule has 0 spiro atoms. The van der Waals surface area contributed by atoms with Crippen LogP contribution in [0.2, 0.25) is 0 Å². The zero-order valence-corrected chi connectivity index (χ0v) is 12.1. The molecule has 4 nitrogen and oxygen atoms in total. The van der Waals surface area contributed by atoms with E-state index >= 15 is 0 Å². The number of benzene rings is 1. The standard InChI is InChI=1S/C13H22N2O2S/c1-11-5-6-12(2)13(9-11)10-14-7-4-8-15-18(3,16)17/h5-6,9,14-15H,4,7-8,10H2,1-3H3. The van der Waals surface area contributed by atoms with Gasteiger partial charge in [-0.2, -0.15) is 0 Å². The van der Waals surface area contributed by atoms with Gasteiger partial charge in [0, 0.05) is 13.1 Å². The van der Waals surface area contributed by atoms with Gasteiger partial charge < -0.3 is 5.32 Å². The first kappa shape index (κ1) is 15.1. The fraction of sp³-hybridized carbons (Fsp3) is 0.538. The SMILES string of the molecule is Cc1ccc(C)c(CNCCCNS(C)(=O)=O)c1. The summed E-state index contributed by atoms with van der Waals surface area (Å²) < 4.78 is 24.1. The molecule has 0 radical (unpaired) electrons. The van der Waals surface area contributed by atoms with Crippen molar-refractivity contribution in [1.82, 2.24) is 10.0 Å². The number of hydrogen-bond donors (Lipinski definition) is 2. The van der Waals surface area contributed by atoms with Crippen LogP contribution >= 0.6 is 0 Å². The molecule has 0 saturated carbocycles. The van der Waals surface area contributed by atoms with Crippen LogP contribution in [-0.4, -0.2) is 27.8 Å². The second kappa shape index (κ2) is 6.87. The van der Waals surface area contributed by atoms with Crippen LogP contribution < -0.4 is 10.0 Å². The molecule has 1 aromatic carbocycles. The molecule has 0 saturated heterocycles. The maximum Gasteiger partial charge on any atom is 0.208 e. The van der Waals surface area contributed by atoms with Crippen molar-refractivity contribution in [2.24, 2.45) is 0 Å². The van der Waals surface area contributed by atoms with E-state index in [9.17, 15) is 8.42 Å². The Morgan fingerprint density at radius 3 is 2.56 bits per heavy atom. The largest absolute Gasteiger partial charge is 0.313 e. The van der Waals surface area contributed by atoms with Crippen LogP contribution in [0.15, 0.2) is 18.2 Å². The third kappa shape index (κ3) is 6.14. The van der Waals surface area contributed by atoms with Gasteiger partial charge in [-0.05, 0) is 37.9 Å². The highest BCUT2D eigenvalue weighted by Gasteiger charge is 2.00. The van der Waals surface area contributed by atoms with Crippen molar-refractivity contribution in [3.05, 3.63) is 34.9 Å². The molecule has 1 rings (SSSR count). The second-order valence-electron chi connectivity index (χ2n) is 4.63. The Kier molecular flexibility index (Phi) is 5.78. The first-order valence-electron chi connectivity index (χ1n) is 6.10. The third-order valence-corrected chi connectivity index (χ3v) is 3.44. The van der Waals surface area contributed by atoms with Crippen molar-refractivity contribution in [2.45, 2.75) is 26.8 Å². The summed E-state index contributed by atoms with van der Waals surface area (Å²) in [5.41, 5.74) is 3.84. The number of sulfonamides is 1. The van der Waals surface area contributed by atoms with Crippen LogP contribution in [0.5, 0.6) is 0 Å². The molecule has 1 aromatic rings. The van der Waals surface area contributed by atoms with E-state index in [0.29, 0.717) is 6.54 Å². The maximum absolute atomic E-state index is 10.8. The lowest BCUT2D eigenvalue weighted by Crippen LogP contribution is -2.26. The zero-order valence-electron chi connectivity index (χ0n) is 11.3. The number of aryl methyl sites for hydroxylation is 2. The van der Waals surface area contributed by atoms with Gasteiger partial charge in [0.2, 0.25) is 10.0 Å². The molecular weight excluding hydrogens is 248 g/mol. The molecule has 0 aliphatic carbocycles. The van der Waals surface area contributed by atoms with Crippen molar-refractivity contribution < 1.29 is 8.42 Å². The van der Waals surface area contributed by atoms with Crippen LogP contribution in [0.3, 0.4) is 0 Å². The van der Waals surface area contributed by atoms with E-state index in [0.717, 1.165) is 19.5 Å². The summed E-state index contributed by atoms with van der Waals surface area (Å²) in [7, 11) is -3.05. The van der Waals surface area contributed by atoms with E-state index in [1.807, 2.05) is 0 Å². The van der Waals surface area contributed by atoms with E-state index in [1.54, 1.807) is 0 Å². The molecule has 18 heavy (non-hydrogen) atoms. The molecular formula is C13H22N2O2S. The minimum Gasteiger partial charge on any atom is -0.313 e. The van der Waals surface area contributed by atoms with Gasteiger partial charge in [0.1, 0.15) is 0 Å². The molecule has 0 bridgehead atoms. The van der Waals surface area contributed by atoms with Crippen molar-refractivity contribution in [3.63, 3.8) is 0 Å². The molecule has 2 N–H and O–H groups in total. The molecule has 0 aliphatic heterocycles. The van der Waals surface area contributed by atoms with E-state index in [2.05, 4.69) is 42.1 Å². The van der Waals surface area contributed by atoms with Gasteiger partial charge in [-0.3, -0.25) is 0 Å². The molecule has 0 unspecified atom stereocenters. The quantitative estimate of drug-likeness (QED) is 0.735. The summed E-state index contributed by atoms with van der Waals surface area (Å²) in [6, 6.07) is 6.41. The lowest BCUT2D eigenvalue weighted by Gasteiger charge is -2.09. The summed E-state index contributed by atoms with van der Waals surface area (Å²) in [5, 5.41) is 3.32. The summed E-state index contributed by atoms with van der Waals surface area (Å²) >= 11 is 0. The smallest absolute Gasteiger partial charge is 0.208 e. The predicted octanol–water partition coefficient (Wildman–Crippen LogP) is 1.33. The molecule has 0 fully saturated rings. The minimum absolute atomic E-state index is 0.485. The average Bonchev–Trinajstić information content (AvgIpc) is 2.26. The van der Waals surface area contributed by atoms with Crippen LogP contribution in [0.1, 0.15) is 23.1 Å².